The van der Waals surface area contributed by atoms with E-state index in [-0.39, 0.29) is 17.2 Å². The van der Waals surface area contributed by atoms with Crippen molar-refractivity contribution >= 4 is 29.3 Å². The van der Waals surface area contributed by atoms with Crippen LogP contribution in [0.25, 0.3) is 6.08 Å². The molecule has 1 aromatic carbocycles. The number of benzene rings is 1. The molecule has 2 aromatic rings. The summed E-state index contributed by atoms with van der Waals surface area (Å²) in [7, 11) is 0. The molecule has 140 valence electrons. The highest BCUT2D eigenvalue weighted by molar-refractivity contribution is 6.04. The zero-order valence-corrected chi connectivity index (χ0v) is 15.1. The summed E-state index contributed by atoms with van der Waals surface area (Å²) < 4.78 is 4.92. The van der Waals surface area contributed by atoms with Gasteiger partial charge in [0.2, 0.25) is 5.78 Å². The first-order valence-corrected chi connectivity index (χ1v) is 8.03. The van der Waals surface area contributed by atoms with Gasteiger partial charge in [-0.3, -0.25) is 19.7 Å². The molecule has 0 unspecified atom stereocenters. The Morgan fingerprint density at radius 2 is 1.81 bits per heavy atom. The number of rotatable bonds is 7. The molecule has 8 nitrogen and oxygen atoms in total. The number of nitrogens with zero attached hydrogens (tertiary/aromatic N) is 1. The minimum absolute atomic E-state index is 0.0538. The number of nitro groups is 1. The van der Waals surface area contributed by atoms with E-state index < -0.39 is 23.3 Å². The molecule has 0 bridgehead atoms. The molecule has 0 aliphatic rings. The van der Waals surface area contributed by atoms with Crippen molar-refractivity contribution in [3.05, 3.63) is 68.5 Å². The van der Waals surface area contributed by atoms with Gasteiger partial charge in [-0.05, 0) is 50.1 Å². The average Bonchev–Trinajstić information content (AvgIpc) is 2.92. The average molecular weight is 370 g/mol. The second-order valence-corrected chi connectivity index (χ2v) is 5.89. The van der Waals surface area contributed by atoms with Gasteiger partial charge in [0.1, 0.15) is 0 Å². The molecular weight excluding hydrogens is 352 g/mol. The number of hydrogen-bond donors (Lipinski definition) is 1. The van der Waals surface area contributed by atoms with Gasteiger partial charge in [0.15, 0.2) is 12.4 Å². The van der Waals surface area contributed by atoms with Gasteiger partial charge in [0.05, 0.1) is 10.6 Å². The summed E-state index contributed by atoms with van der Waals surface area (Å²) >= 11 is 0. The maximum atomic E-state index is 12.2. The Kier molecular flexibility index (Phi) is 6.02. The lowest BCUT2D eigenvalue weighted by atomic mass is 10.1. The van der Waals surface area contributed by atoms with E-state index in [0.717, 1.165) is 6.08 Å². The monoisotopic (exact) mass is 370 g/mol. The minimum atomic E-state index is -0.727. The number of H-pyrrole nitrogens is 1. The van der Waals surface area contributed by atoms with Crippen molar-refractivity contribution in [2.75, 3.05) is 6.61 Å². The van der Waals surface area contributed by atoms with E-state index in [1.807, 2.05) is 0 Å². The van der Waals surface area contributed by atoms with Crippen molar-refractivity contribution in [1.29, 1.82) is 0 Å². The molecule has 1 aromatic heterocycles. The number of ether oxygens (including phenoxy) is 1. The summed E-state index contributed by atoms with van der Waals surface area (Å²) in [6.07, 6.45) is 2.55. The predicted molar refractivity (Wildman–Crippen MR) is 97.7 cm³/mol. The van der Waals surface area contributed by atoms with Crippen LogP contribution < -0.4 is 0 Å². The summed E-state index contributed by atoms with van der Waals surface area (Å²) in [6, 6.07) is 5.61. The normalized spacial score (nSPS) is 10.8. The first-order chi connectivity index (χ1) is 12.7. The molecule has 27 heavy (non-hydrogen) atoms. The number of nitro benzene ring substituents is 1. The van der Waals surface area contributed by atoms with E-state index in [1.54, 1.807) is 13.8 Å². The number of ketones is 2. The summed E-state index contributed by atoms with van der Waals surface area (Å²) in [6.45, 7) is 4.30. The first kappa shape index (κ1) is 19.8. The Morgan fingerprint density at radius 3 is 2.33 bits per heavy atom. The number of aromatic amines is 1. The number of carbonyl (C=O) groups excluding carboxylic acids is 3. The summed E-state index contributed by atoms with van der Waals surface area (Å²) in [4.78, 5) is 48.5. The number of non-ortho nitro benzene ring substituents is 1. The quantitative estimate of drug-likeness (QED) is 0.263. The van der Waals surface area contributed by atoms with Crippen LogP contribution in [0.2, 0.25) is 0 Å². The van der Waals surface area contributed by atoms with E-state index in [0.29, 0.717) is 22.4 Å². The van der Waals surface area contributed by atoms with Crippen LogP contribution in [-0.4, -0.2) is 34.0 Å². The van der Waals surface area contributed by atoms with Gasteiger partial charge in [-0.25, -0.2) is 4.79 Å². The molecular formula is C19H18N2O6. The van der Waals surface area contributed by atoms with E-state index in [1.165, 1.54) is 37.3 Å². The van der Waals surface area contributed by atoms with Crippen LogP contribution in [-0.2, 0) is 9.53 Å². The zero-order chi connectivity index (χ0) is 20.1. The van der Waals surface area contributed by atoms with Gasteiger partial charge >= 0.3 is 5.97 Å². The van der Waals surface area contributed by atoms with Crippen molar-refractivity contribution in [1.82, 2.24) is 4.98 Å². The number of aromatic nitrogens is 1. The molecule has 0 aliphatic heterocycles. The highest BCUT2D eigenvalue weighted by atomic mass is 16.6. The fourth-order valence-electron chi connectivity index (χ4n) is 2.69. The van der Waals surface area contributed by atoms with Crippen molar-refractivity contribution in [3.63, 3.8) is 0 Å². The lowest BCUT2D eigenvalue weighted by Gasteiger charge is -2.02. The van der Waals surface area contributed by atoms with Crippen LogP contribution in [0.4, 0.5) is 5.69 Å². The molecule has 0 saturated heterocycles. The molecule has 8 heteroatoms. The Morgan fingerprint density at radius 1 is 1.19 bits per heavy atom. The van der Waals surface area contributed by atoms with Crippen LogP contribution in [0, 0.1) is 24.0 Å². The molecule has 0 amide bonds. The van der Waals surface area contributed by atoms with Gasteiger partial charge in [-0.2, -0.15) is 0 Å². The van der Waals surface area contributed by atoms with Crippen molar-refractivity contribution < 1.29 is 24.0 Å². The van der Waals surface area contributed by atoms with Crippen LogP contribution in [0.5, 0.6) is 0 Å². The third-order valence-corrected chi connectivity index (χ3v) is 3.93. The van der Waals surface area contributed by atoms with Gasteiger partial charge in [-0.1, -0.05) is 0 Å². The van der Waals surface area contributed by atoms with E-state index in [4.69, 9.17) is 4.74 Å². The number of aryl methyl sites for hydroxylation is 1. The fraction of sp³-hybridized carbons (Fsp3) is 0.211. The van der Waals surface area contributed by atoms with Gasteiger partial charge in [0.25, 0.3) is 5.69 Å². The minimum Gasteiger partial charge on any atom is -0.454 e. The van der Waals surface area contributed by atoms with Gasteiger partial charge < -0.3 is 9.72 Å². The number of nitrogens with one attached hydrogen (secondary N) is 1. The molecule has 0 saturated carbocycles. The topological polar surface area (TPSA) is 119 Å². The lowest BCUT2D eigenvalue weighted by molar-refractivity contribution is -0.384. The zero-order valence-electron chi connectivity index (χ0n) is 15.1. The third kappa shape index (κ3) is 4.75. The van der Waals surface area contributed by atoms with E-state index in [9.17, 15) is 24.5 Å². The second kappa shape index (κ2) is 8.22. The second-order valence-electron chi connectivity index (χ2n) is 5.89. The van der Waals surface area contributed by atoms with Crippen LogP contribution in [0.15, 0.2) is 30.3 Å². The number of carbonyl (C=O) groups is 3. The van der Waals surface area contributed by atoms with E-state index in [2.05, 4.69) is 4.98 Å². The summed E-state index contributed by atoms with van der Waals surface area (Å²) in [5.74, 6) is -1.32. The third-order valence-electron chi connectivity index (χ3n) is 3.93. The Labute approximate surface area is 155 Å². The fourth-order valence-corrected chi connectivity index (χ4v) is 2.69. The SMILES string of the molecule is CC(=O)c1c(C)[nH]c(C(=O)COC(=O)C=Cc2ccc([N+](=O)[O-])cc2)c1C. The maximum absolute atomic E-state index is 12.2. The standard InChI is InChI=1S/C19H18N2O6/c1-11-18(13(3)22)12(2)20-19(11)16(23)10-27-17(24)9-6-14-4-7-15(8-5-14)21(25)26/h4-9,20H,10H2,1-3H3. The summed E-state index contributed by atoms with van der Waals surface area (Å²) in [5.41, 5.74) is 2.34. The number of hydrogen-bond acceptors (Lipinski definition) is 6. The highest BCUT2D eigenvalue weighted by Crippen LogP contribution is 2.19. The lowest BCUT2D eigenvalue weighted by Crippen LogP contribution is -2.14. The molecule has 0 radical (unpaired) electrons. The van der Waals surface area contributed by atoms with Gasteiger partial charge in [0, 0.05) is 29.5 Å². The van der Waals surface area contributed by atoms with Crippen molar-refractivity contribution in [3.8, 4) is 0 Å². The van der Waals surface area contributed by atoms with E-state index >= 15 is 0 Å². The van der Waals surface area contributed by atoms with Crippen LogP contribution >= 0.6 is 0 Å². The molecule has 0 spiro atoms. The molecule has 2 rings (SSSR count). The highest BCUT2D eigenvalue weighted by Gasteiger charge is 2.20. The number of esters is 1. The maximum Gasteiger partial charge on any atom is 0.331 e. The smallest absolute Gasteiger partial charge is 0.331 e. The summed E-state index contributed by atoms with van der Waals surface area (Å²) in [5, 5.41) is 10.6. The Bertz CT molecular complexity index is 938. The van der Waals surface area contributed by atoms with Crippen molar-refractivity contribution in [2.24, 2.45) is 0 Å². The first-order valence-electron chi connectivity index (χ1n) is 8.03. The van der Waals surface area contributed by atoms with Crippen LogP contribution in [0.1, 0.15) is 44.6 Å². The Hall–Kier alpha value is -3.55. The predicted octanol–water partition coefficient (Wildman–Crippen LogP) is 3.18. The molecule has 0 fully saturated rings. The molecule has 0 aliphatic carbocycles. The Balaban J connectivity index is 1.97. The number of Topliss-reactive ketones (excluding diaryl/α,β-unsaturated/α-hetero) is 2. The largest absolute Gasteiger partial charge is 0.454 e. The van der Waals surface area contributed by atoms with Crippen molar-refractivity contribution in [2.45, 2.75) is 20.8 Å². The molecule has 1 heterocycles. The molecule has 0 atom stereocenters. The van der Waals surface area contributed by atoms with Gasteiger partial charge in [-0.15, -0.1) is 0 Å². The van der Waals surface area contributed by atoms with Crippen LogP contribution in [0.3, 0.4) is 0 Å². The molecule has 1 N–H and O–H groups in total.